The van der Waals surface area contributed by atoms with E-state index in [4.69, 9.17) is 17.3 Å². The number of aromatic hydroxyl groups is 1. The summed E-state index contributed by atoms with van der Waals surface area (Å²) in [5.41, 5.74) is 6.61. The minimum atomic E-state index is -4.58. The second kappa shape index (κ2) is 9.25. The summed E-state index contributed by atoms with van der Waals surface area (Å²) in [6, 6.07) is 9.07. The quantitative estimate of drug-likeness (QED) is 0.548. The number of hydrogen-bond donors (Lipinski definition) is 2. The van der Waals surface area contributed by atoms with Crippen LogP contribution in [-0.2, 0) is 12.6 Å². The van der Waals surface area contributed by atoms with E-state index in [0.717, 1.165) is 31.0 Å². The number of alkyl halides is 3. The highest BCUT2D eigenvalue weighted by Crippen LogP contribution is 2.40. The highest BCUT2D eigenvalue weighted by Gasteiger charge is 2.34. The van der Waals surface area contributed by atoms with Gasteiger partial charge in [0, 0.05) is 36.1 Å². The Balaban J connectivity index is 1.66. The summed E-state index contributed by atoms with van der Waals surface area (Å²) in [4.78, 5) is 6.77. The minimum Gasteiger partial charge on any atom is -0.492 e. The number of piperidine rings is 1. The first-order chi connectivity index (χ1) is 16.7. The van der Waals surface area contributed by atoms with Gasteiger partial charge in [-0.15, -0.1) is 0 Å². The smallest absolute Gasteiger partial charge is 0.416 e. The fourth-order valence-electron chi connectivity index (χ4n) is 4.38. The summed E-state index contributed by atoms with van der Waals surface area (Å²) < 4.78 is 41.6. The monoisotopic (exact) mass is 519 g/mol. The molecule has 3 heterocycles. The van der Waals surface area contributed by atoms with Gasteiger partial charge in [-0.3, -0.25) is 0 Å². The lowest BCUT2D eigenvalue weighted by molar-refractivity contribution is -0.138. The number of rotatable bonds is 4. The van der Waals surface area contributed by atoms with Gasteiger partial charge in [0.05, 0.1) is 22.0 Å². The van der Waals surface area contributed by atoms with Crippen LogP contribution in [0.15, 0.2) is 46.6 Å². The van der Waals surface area contributed by atoms with Crippen molar-refractivity contribution in [1.82, 2.24) is 4.98 Å². The molecular formula is C24H21ClF3N5OS. The van der Waals surface area contributed by atoms with Crippen molar-refractivity contribution in [3.05, 3.63) is 73.6 Å². The van der Waals surface area contributed by atoms with Gasteiger partial charge in [0.1, 0.15) is 0 Å². The number of hydrogen-bond acceptors (Lipinski definition) is 7. The largest absolute Gasteiger partial charge is 0.492 e. The van der Waals surface area contributed by atoms with Crippen LogP contribution in [0.1, 0.15) is 34.4 Å². The molecule has 182 valence electrons. The van der Waals surface area contributed by atoms with Crippen LogP contribution in [0, 0.1) is 0 Å². The van der Waals surface area contributed by atoms with Gasteiger partial charge in [0.25, 0.3) is 0 Å². The van der Waals surface area contributed by atoms with E-state index in [1.165, 1.54) is 23.5 Å². The van der Waals surface area contributed by atoms with Crippen molar-refractivity contribution in [2.75, 3.05) is 18.0 Å². The average Bonchev–Trinajstić information content (AvgIpc) is 3.43. The molecule has 0 unspecified atom stereocenters. The molecule has 35 heavy (non-hydrogen) atoms. The van der Waals surface area contributed by atoms with Crippen molar-refractivity contribution in [3.63, 3.8) is 0 Å². The molecule has 1 saturated heterocycles. The maximum Gasteiger partial charge on any atom is 0.416 e. The van der Waals surface area contributed by atoms with E-state index in [9.17, 15) is 18.3 Å². The second-order valence-corrected chi connectivity index (χ2v) is 9.98. The molecule has 11 heteroatoms. The number of aromatic nitrogens is 1. The van der Waals surface area contributed by atoms with Crippen molar-refractivity contribution in [2.24, 2.45) is 15.9 Å². The van der Waals surface area contributed by atoms with Crippen LogP contribution >= 0.6 is 22.9 Å². The van der Waals surface area contributed by atoms with Crippen LogP contribution in [0.3, 0.4) is 0 Å². The van der Waals surface area contributed by atoms with Crippen molar-refractivity contribution in [1.29, 1.82) is 0 Å². The van der Waals surface area contributed by atoms with E-state index in [1.807, 2.05) is 11.0 Å². The Morgan fingerprint density at radius 3 is 2.83 bits per heavy atom. The van der Waals surface area contributed by atoms with Gasteiger partial charge < -0.3 is 15.7 Å². The number of halogens is 4. The Morgan fingerprint density at radius 2 is 2.06 bits per heavy atom. The number of benzene rings is 2. The fourth-order valence-corrected chi connectivity index (χ4v) is 5.61. The van der Waals surface area contributed by atoms with Crippen molar-refractivity contribution < 1.29 is 18.3 Å². The van der Waals surface area contributed by atoms with Crippen LogP contribution < -0.4 is 21.2 Å². The maximum atomic E-state index is 13.9. The maximum absolute atomic E-state index is 13.9. The molecule has 0 bridgehead atoms. The normalized spacial score (nSPS) is 18.4. The molecule has 5 rings (SSSR count). The summed E-state index contributed by atoms with van der Waals surface area (Å²) in [5, 5.41) is 20.7. The highest BCUT2D eigenvalue weighted by atomic mass is 35.5. The van der Waals surface area contributed by atoms with Crippen LogP contribution in [-0.4, -0.2) is 35.4 Å². The third-order valence-corrected chi connectivity index (χ3v) is 7.48. The SMILES string of the molecule is N[C@H]1CCCN(c2nc(O)c(C(Cc3ccc(Cl)cc3C(F)(F)F)=c3ccc4c(c3)C=NN=4)s2)C1. The Labute approximate surface area is 207 Å². The molecule has 2 aliphatic heterocycles. The lowest BCUT2D eigenvalue weighted by Crippen LogP contribution is -2.42. The zero-order valence-corrected chi connectivity index (χ0v) is 20.0. The molecule has 0 spiro atoms. The van der Waals surface area contributed by atoms with Crippen molar-refractivity contribution in [3.8, 4) is 5.88 Å². The first-order valence-corrected chi connectivity index (χ1v) is 12.2. The standard InChI is InChI=1S/C24H21ClF3N5OS/c25-16-5-3-14(19(10-16)24(26,27)28)9-18(13-4-6-20-15(8-13)11-30-32-20)21-22(34)31-23(35-21)33-7-1-2-17(29)12-33/h3-6,8,10-11,17,34H,1-2,7,9,12,29H2/t17-/m0/s1. The van der Waals surface area contributed by atoms with E-state index in [-0.39, 0.29) is 28.9 Å². The van der Waals surface area contributed by atoms with Gasteiger partial charge in [-0.05, 0) is 53.5 Å². The lowest BCUT2D eigenvalue weighted by Gasteiger charge is -2.30. The van der Waals surface area contributed by atoms with Gasteiger partial charge in [0.15, 0.2) is 5.13 Å². The number of anilines is 1. The molecule has 6 nitrogen and oxygen atoms in total. The Kier molecular flexibility index (Phi) is 6.29. The molecule has 1 aromatic heterocycles. The number of fused-ring (bicyclic) bond motifs is 1. The molecule has 3 aromatic rings. The van der Waals surface area contributed by atoms with Gasteiger partial charge in [-0.1, -0.05) is 35.1 Å². The number of nitrogens with zero attached hydrogens (tertiary/aromatic N) is 4. The van der Waals surface area contributed by atoms with E-state index in [2.05, 4.69) is 15.2 Å². The first kappa shape index (κ1) is 23.8. The van der Waals surface area contributed by atoms with E-state index >= 15 is 0 Å². The average molecular weight is 520 g/mol. The van der Waals surface area contributed by atoms with Crippen LogP contribution in [0.25, 0.3) is 5.57 Å². The summed E-state index contributed by atoms with van der Waals surface area (Å²) in [6.07, 6.45) is -1.27. The Hall–Kier alpha value is -2.95. The van der Waals surface area contributed by atoms with Crippen LogP contribution in [0.5, 0.6) is 5.88 Å². The predicted octanol–water partition coefficient (Wildman–Crippen LogP) is 3.86. The Morgan fingerprint density at radius 1 is 1.23 bits per heavy atom. The van der Waals surface area contributed by atoms with Gasteiger partial charge in [0.2, 0.25) is 5.88 Å². The molecule has 1 fully saturated rings. The van der Waals surface area contributed by atoms with E-state index in [1.54, 1.807) is 18.3 Å². The summed E-state index contributed by atoms with van der Waals surface area (Å²) in [6.45, 7) is 1.36. The molecule has 0 amide bonds. The molecule has 2 aromatic carbocycles. The topological polar surface area (TPSA) is 87.1 Å². The van der Waals surface area contributed by atoms with Crippen LogP contribution in [0.2, 0.25) is 5.02 Å². The molecule has 0 radical (unpaired) electrons. The molecular weight excluding hydrogens is 499 g/mol. The molecule has 3 N–H and O–H groups in total. The molecule has 0 aliphatic carbocycles. The zero-order chi connectivity index (χ0) is 24.7. The summed E-state index contributed by atoms with van der Waals surface area (Å²) in [7, 11) is 0. The summed E-state index contributed by atoms with van der Waals surface area (Å²) >= 11 is 7.14. The third-order valence-electron chi connectivity index (χ3n) is 6.08. The fraction of sp³-hybridized carbons (Fsp3) is 0.292. The lowest BCUT2D eigenvalue weighted by atomic mass is 9.96. The van der Waals surface area contributed by atoms with E-state index < -0.39 is 11.7 Å². The summed E-state index contributed by atoms with van der Waals surface area (Å²) in [5.74, 6) is -0.222. The van der Waals surface area contributed by atoms with Gasteiger partial charge in [-0.25, -0.2) is 0 Å². The second-order valence-electron chi connectivity index (χ2n) is 8.57. The third kappa shape index (κ3) is 4.91. The number of nitrogens with two attached hydrogens (primary N) is 1. The van der Waals surface area contributed by atoms with Gasteiger partial charge in [-0.2, -0.15) is 28.4 Å². The van der Waals surface area contributed by atoms with Crippen molar-refractivity contribution >= 4 is 39.9 Å². The molecule has 1 atom stereocenters. The zero-order valence-electron chi connectivity index (χ0n) is 18.4. The van der Waals surface area contributed by atoms with E-state index in [0.29, 0.717) is 32.7 Å². The minimum absolute atomic E-state index is 0.00217. The van der Waals surface area contributed by atoms with Crippen LogP contribution in [0.4, 0.5) is 18.3 Å². The van der Waals surface area contributed by atoms with Crippen molar-refractivity contribution in [2.45, 2.75) is 31.5 Å². The Bertz CT molecular complexity index is 1440. The molecule has 0 saturated carbocycles. The highest BCUT2D eigenvalue weighted by molar-refractivity contribution is 7.17. The number of thiazole rings is 1. The van der Waals surface area contributed by atoms with Gasteiger partial charge >= 0.3 is 6.18 Å². The predicted molar refractivity (Wildman–Crippen MR) is 131 cm³/mol. The molecule has 2 aliphatic rings. The first-order valence-electron chi connectivity index (χ1n) is 11.0.